The quantitative estimate of drug-likeness (QED) is 0.329. The molecule has 0 bridgehead atoms. The summed E-state index contributed by atoms with van der Waals surface area (Å²) in [5.41, 5.74) is 10.3. The zero-order valence-corrected chi connectivity index (χ0v) is 18.6. The normalized spacial score (nSPS) is 11.8. The summed E-state index contributed by atoms with van der Waals surface area (Å²) in [5, 5.41) is 7.99. The van der Waals surface area contributed by atoms with Gasteiger partial charge in [-0.2, -0.15) is 4.98 Å². The third-order valence-corrected chi connectivity index (χ3v) is 5.17. The summed E-state index contributed by atoms with van der Waals surface area (Å²) < 4.78 is 16.1. The van der Waals surface area contributed by atoms with Gasteiger partial charge in [-0.3, -0.25) is 0 Å². The molecular formula is C25H24N4O4. The van der Waals surface area contributed by atoms with Crippen LogP contribution in [0.25, 0.3) is 17.0 Å². The Bertz CT molecular complexity index is 1220. The van der Waals surface area contributed by atoms with E-state index in [-0.39, 0.29) is 23.9 Å². The first kappa shape index (κ1) is 22.2. The zero-order valence-electron chi connectivity index (χ0n) is 18.6. The van der Waals surface area contributed by atoms with Gasteiger partial charge < -0.3 is 19.5 Å². The minimum absolute atomic E-state index is 0.150. The fraction of sp³-hybridized carbons (Fsp3) is 0.200. The minimum Gasteiger partial charge on any atom is -0.463 e. The minimum atomic E-state index is -1.00. The summed E-state index contributed by atoms with van der Waals surface area (Å²) in [7, 11) is 0. The van der Waals surface area contributed by atoms with Crippen molar-refractivity contribution in [2.75, 3.05) is 6.61 Å². The third-order valence-electron chi connectivity index (χ3n) is 5.17. The van der Waals surface area contributed by atoms with Crippen molar-refractivity contribution < 1.29 is 18.6 Å². The van der Waals surface area contributed by atoms with E-state index in [0.29, 0.717) is 22.6 Å². The summed E-state index contributed by atoms with van der Waals surface area (Å²) >= 11 is 0. The lowest BCUT2D eigenvalue weighted by Gasteiger charge is -2.19. The van der Waals surface area contributed by atoms with Gasteiger partial charge in [0.25, 0.3) is 5.89 Å². The van der Waals surface area contributed by atoms with Gasteiger partial charge in [-0.15, -0.1) is 0 Å². The maximum Gasteiger partial charge on any atom is 0.336 e. The highest BCUT2D eigenvalue weighted by Gasteiger charge is 2.30. The molecule has 0 aliphatic carbocycles. The molecule has 33 heavy (non-hydrogen) atoms. The van der Waals surface area contributed by atoms with Crippen molar-refractivity contribution in [3.8, 4) is 11.5 Å². The van der Waals surface area contributed by atoms with E-state index in [4.69, 9.17) is 19.5 Å². The smallest absolute Gasteiger partial charge is 0.336 e. The Balaban J connectivity index is 1.89. The van der Waals surface area contributed by atoms with E-state index in [2.05, 4.69) is 15.3 Å². The maximum absolute atomic E-state index is 13.2. The van der Waals surface area contributed by atoms with Crippen LogP contribution in [0.1, 0.15) is 41.4 Å². The molecule has 0 saturated heterocycles. The number of nitrogens with two attached hydrogens (primary N) is 1. The maximum atomic E-state index is 13.2. The number of ether oxygens (including phenoxy) is 1. The van der Waals surface area contributed by atoms with Crippen LogP contribution >= 0.6 is 0 Å². The van der Waals surface area contributed by atoms with Crippen LogP contribution in [0.5, 0.6) is 0 Å². The number of carbonyl (C=O) groups is 1. The Kier molecular flexibility index (Phi) is 6.46. The van der Waals surface area contributed by atoms with Crippen LogP contribution in [-0.2, 0) is 9.53 Å². The Labute approximate surface area is 191 Å². The van der Waals surface area contributed by atoms with Crippen LogP contribution in [-0.4, -0.2) is 27.9 Å². The second kappa shape index (κ2) is 9.62. The number of benzene rings is 2. The summed E-state index contributed by atoms with van der Waals surface area (Å²) in [6, 6.07) is 18.1. The van der Waals surface area contributed by atoms with Gasteiger partial charge in [0, 0.05) is 5.57 Å². The van der Waals surface area contributed by atoms with E-state index in [9.17, 15) is 4.79 Å². The monoisotopic (exact) mass is 444 g/mol. The first-order chi connectivity index (χ1) is 16.0. The lowest BCUT2D eigenvalue weighted by atomic mass is 9.89. The molecule has 2 heterocycles. The van der Waals surface area contributed by atoms with Gasteiger partial charge in [0.1, 0.15) is 17.4 Å². The van der Waals surface area contributed by atoms with Crippen molar-refractivity contribution in [3.63, 3.8) is 0 Å². The molecule has 2 N–H and O–H groups in total. The molecule has 0 amide bonds. The van der Waals surface area contributed by atoms with E-state index < -0.39 is 12.0 Å². The highest BCUT2D eigenvalue weighted by Crippen LogP contribution is 2.34. The van der Waals surface area contributed by atoms with Crippen LogP contribution in [0.15, 0.2) is 75.3 Å². The van der Waals surface area contributed by atoms with Crippen LogP contribution in [0.4, 0.5) is 0 Å². The summed E-state index contributed by atoms with van der Waals surface area (Å²) in [5.74, 6) is 0.376. The third kappa shape index (κ3) is 4.47. The molecule has 0 saturated carbocycles. The molecule has 0 aliphatic rings. The first-order valence-corrected chi connectivity index (χ1v) is 10.6. The Morgan fingerprint density at radius 2 is 1.58 bits per heavy atom. The molecule has 0 aliphatic heterocycles. The molecule has 1 unspecified atom stereocenters. The van der Waals surface area contributed by atoms with E-state index in [1.54, 1.807) is 20.8 Å². The topological polar surface area (TPSA) is 117 Å². The van der Waals surface area contributed by atoms with Crippen molar-refractivity contribution >= 4 is 11.5 Å². The molecule has 2 aromatic carbocycles. The summed E-state index contributed by atoms with van der Waals surface area (Å²) in [6.45, 7) is 5.48. The van der Waals surface area contributed by atoms with Crippen LogP contribution in [0.2, 0.25) is 0 Å². The van der Waals surface area contributed by atoms with Gasteiger partial charge >= 0.3 is 5.97 Å². The molecule has 4 rings (SSSR count). The van der Waals surface area contributed by atoms with Crippen LogP contribution in [0, 0.1) is 13.8 Å². The Morgan fingerprint density at radius 1 is 0.970 bits per heavy atom. The molecule has 8 heteroatoms. The average Bonchev–Trinajstić information content (AvgIpc) is 3.44. The van der Waals surface area contributed by atoms with E-state index in [0.717, 1.165) is 11.1 Å². The van der Waals surface area contributed by atoms with Crippen molar-refractivity contribution in [1.29, 1.82) is 0 Å². The lowest BCUT2D eigenvalue weighted by Crippen LogP contribution is -2.24. The molecule has 4 aromatic rings. The summed E-state index contributed by atoms with van der Waals surface area (Å²) in [6.07, 6.45) is 0. The number of carbonyl (C=O) groups excluding carboxylic acids is 1. The molecule has 2 aromatic heterocycles. The SMILES string of the molecule is CCOC(=O)C(=C(c1ccccc1)c1ccccc1)C(N)c1noc(-c2c(C)noc2C)n1. The zero-order chi connectivity index (χ0) is 23.4. The van der Waals surface area contributed by atoms with Crippen LogP contribution < -0.4 is 5.73 Å². The molecular weight excluding hydrogens is 420 g/mol. The number of aryl methyl sites for hydroxylation is 2. The predicted octanol–water partition coefficient (Wildman–Crippen LogP) is 4.41. The van der Waals surface area contributed by atoms with E-state index in [1.165, 1.54) is 0 Å². The number of hydrogen-bond donors (Lipinski definition) is 1. The van der Waals surface area contributed by atoms with Gasteiger partial charge in [-0.1, -0.05) is 71.0 Å². The standard InChI is InChI=1S/C25H24N4O4/c1-4-31-25(30)21(20(17-11-7-5-8-12-17)18-13-9-6-10-14-18)22(26)23-27-24(33-29-23)19-15(2)28-32-16(19)3/h5-14,22H,4,26H2,1-3H3. The second-order valence-corrected chi connectivity index (χ2v) is 7.38. The molecule has 0 radical (unpaired) electrons. The highest BCUT2D eigenvalue weighted by atomic mass is 16.5. The van der Waals surface area contributed by atoms with Gasteiger partial charge in [-0.05, 0) is 31.9 Å². The molecule has 1 atom stereocenters. The van der Waals surface area contributed by atoms with E-state index in [1.807, 2.05) is 60.7 Å². The number of esters is 1. The Hall–Kier alpha value is -4.04. The van der Waals surface area contributed by atoms with Crippen molar-refractivity contribution in [2.24, 2.45) is 5.73 Å². The van der Waals surface area contributed by atoms with Crippen molar-refractivity contribution in [2.45, 2.75) is 26.8 Å². The largest absolute Gasteiger partial charge is 0.463 e. The number of aromatic nitrogens is 3. The number of rotatable bonds is 7. The Morgan fingerprint density at radius 3 is 2.09 bits per heavy atom. The molecule has 0 spiro atoms. The number of hydrogen-bond acceptors (Lipinski definition) is 8. The highest BCUT2D eigenvalue weighted by molar-refractivity contribution is 6.03. The van der Waals surface area contributed by atoms with Gasteiger partial charge in [0.15, 0.2) is 5.82 Å². The number of nitrogens with zero attached hydrogens (tertiary/aromatic N) is 3. The first-order valence-electron chi connectivity index (χ1n) is 10.6. The average molecular weight is 444 g/mol. The fourth-order valence-electron chi connectivity index (χ4n) is 3.66. The lowest BCUT2D eigenvalue weighted by molar-refractivity contribution is -0.138. The van der Waals surface area contributed by atoms with Crippen LogP contribution in [0.3, 0.4) is 0 Å². The van der Waals surface area contributed by atoms with Crippen molar-refractivity contribution in [1.82, 2.24) is 15.3 Å². The second-order valence-electron chi connectivity index (χ2n) is 7.38. The van der Waals surface area contributed by atoms with Gasteiger partial charge in [-0.25, -0.2) is 4.79 Å². The van der Waals surface area contributed by atoms with Gasteiger partial charge in [0.05, 0.1) is 17.9 Å². The predicted molar refractivity (Wildman–Crippen MR) is 122 cm³/mol. The molecule has 8 nitrogen and oxygen atoms in total. The van der Waals surface area contributed by atoms with Gasteiger partial charge in [0.2, 0.25) is 0 Å². The summed E-state index contributed by atoms with van der Waals surface area (Å²) in [4.78, 5) is 17.7. The molecule has 0 fully saturated rings. The fourth-order valence-corrected chi connectivity index (χ4v) is 3.66. The van der Waals surface area contributed by atoms with Crippen molar-refractivity contribution in [3.05, 3.63) is 94.6 Å². The van der Waals surface area contributed by atoms with E-state index >= 15 is 0 Å². The molecule has 168 valence electrons.